The Morgan fingerprint density at radius 1 is 1.67 bits per heavy atom. The summed E-state index contributed by atoms with van der Waals surface area (Å²) in [4.78, 5) is 0. The zero-order chi connectivity index (χ0) is 8.55. The predicted molar refractivity (Wildman–Crippen MR) is 51.8 cm³/mol. The normalized spacial score (nSPS) is 19.5. The van der Waals surface area contributed by atoms with Crippen molar-refractivity contribution in [2.45, 2.75) is 25.4 Å². The summed E-state index contributed by atoms with van der Waals surface area (Å²) in [5, 5.41) is 11.6. The van der Waals surface area contributed by atoms with Gasteiger partial charge in [0.05, 0.1) is 10.4 Å². The van der Waals surface area contributed by atoms with Crippen molar-refractivity contribution in [2.24, 2.45) is 5.92 Å². The topological polar surface area (TPSA) is 20.2 Å². The van der Waals surface area contributed by atoms with Crippen LogP contribution >= 0.6 is 22.9 Å². The van der Waals surface area contributed by atoms with Gasteiger partial charge in [0.25, 0.3) is 0 Å². The number of rotatable bonds is 3. The highest BCUT2D eigenvalue weighted by Gasteiger charge is 2.29. The Bertz CT molecular complexity index is 267. The third-order valence-electron chi connectivity index (χ3n) is 2.23. The Kier molecular flexibility index (Phi) is 2.40. The molecule has 1 unspecified atom stereocenters. The molecule has 0 aliphatic heterocycles. The van der Waals surface area contributed by atoms with E-state index in [1.807, 2.05) is 11.4 Å². The minimum absolute atomic E-state index is 0.143. The van der Waals surface area contributed by atoms with Crippen molar-refractivity contribution >= 4 is 22.9 Å². The highest BCUT2D eigenvalue weighted by molar-refractivity contribution is 7.14. The third-order valence-corrected chi connectivity index (χ3v) is 3.37. The van der Waals surface area contributed by atoms with Crippen LogP contribution in [0.15, 0.2) is 11.4 Å². The maximum absolute atomic E-state index is 9.61. The fourth-order valence-electron chi connectivity index (χ4n) is 1.34. The second-order valence-electron chi connectivity index (χ2n) is 3.37. The fourth-order valence-corrected chi connectivity index (χ4v) is 2.26. The lowest BCUT2D eigenvalue weighted by atomic mass is 10.1. The molecule has 0 spiro atoms. The number of hydrogen-bond donors (Lipinski definition) is 1. The van der Waals surface area contributed by atoms with Gasteiger partial charge in [-0.1, -0.05) is 11.6 Å². The summed E-state index contributed by atoms with van der Waals surface area (Å²) in [5.41, 5.74) is 1.17. The molecule has 0 bridgehead atoms. The second-order valence-corrected chi connectivity index (χ2v) is 4.91. The zero-order valence-electron chi connectivity index (χ0n) is 6.66. The smallest absolute Gasteiger partial charge is 0.0931 e. The van der Waals surface area contributed by atoms with Crippen LogP contribution in [0.4, 0.5) is 0 Å². The summed E-state index contributed by atoms with van der Waals surface area (Å²) in [6.45, 7) is 0. The summed E-state index contributed by atoms with van der Waals surface area (Å²) in [6.07, 6.45) is 3.02. The largest absolute Gasteiger partial charge is 0.392 e. The molecule has 1 nitrogen and oxygen atoms in total. The van der Waals surface area contributed by atoms with Crippen molar-refractivity contribution in [3.05, 3.63) is 21.3 Å². The van der Waals surface area contributed by atoms with E-state index in [0.717, 1.165) is 10.8 Å². The van der Waals surface area contributed by atoms with E-state index >= 15 is 0 Å². The molecule has 1 heterocycles. The summed E-state index contributed by atoms with van der Waals surface area (Å²) >= 11 is 7.31. The number of aliphatic hydroxyl groups excluding tert-OH is 1. The molecule has 1 atom stereocenters. The summed E-state index contributed by atoms with van der Waals surface area (Å²) in [7, 11) is 0. The quantitative estimate of drug-likeness (QED) is 0.799. The SMILES string of the molecule is OC(Cc1csc(Cl)c1)C1CC1. The van der Waals surface area contributed by atoms with E-state index in [2.05, 4.69) is 0 Å². The molecule has 12 heavy (non-hydrogen) atoms. The van der Waals surface area contributed by atoms with E-state index in [4.69, 9.17) is 11.6 Å². The van der Waals surface area contributed by atoms with E-state index in [1.165, 1.54) is 29.7 Å². The molecule has 1 saturated carbocycles. The van der Waals surface area contributed by atoms with Crippen molar-refractivity contribution in [1.82, 2.24) is 0 Å². The van der Waals surface area contributed by atoms with Crippen LogP contribution < -0.4 is 0 Å². The van der Waals surface area contributed by atoms with Crippen molar-refractivity contribution in [2.75, 3.05) is 0 Å². The van der Waals surface area contributed by atoms with Gasteiger partial charge in [0.15, 0.2) is 0 Å². The minimum Gasteiger partial charge on any atom is -0.392 e. The van der Waals surface area contributed by atoms with Crippen LogP contribution in [0.2, 0.25) is 4.34 Å². The van der Waals surface area contributed by atoms with E-state index < -0.39 is 0 Å². The van der Waals surface area contributed by atoms with Crippen LogP contribution in [0.25, 0.3) is 0 Å². The first-order valence-corrected chi connectivity index (χ1v) is 5.42. The Balaban J connectivity index is 1.93. The fraction of sp³-hybridized carbons (Fsp3) is 0.556. The van der Waals surface area contributed by atoms with Gasteiger partial charge in [-0.05, 0) is 42.2 Å². The summed E-state index contributed by atoms with van der Waals surface area (Å²) in [6, 6.07) is 1.94. The average molecular weight is 203 g/mol. The van der Waals surface area contributed by atoms with Gasteiger partial charge in [-0.3, -0.25) is 0 Å². The van der Waals surface area contributed by atoms with Crippen LogP contribution in [0.3, 0.4) is 0 Å². The molecule has 0 saturated heterocycles. The van der Waals surface area contributed by atoms with Gasteiger partial charge in [0.2, 0.25) is 0 Å². The third kappa shape index (κ3) is 2.00. The molecule has 1 aliphatic carbocycles. The summed E-state index contributed by atoms with van der Waals surface area (Å²) < 4.78 is 0.813. The molecule has 1 fully saturated rings. The molecule has 1 aromatic heterocycles. The van der Waals surface area contributed by atoms with E-state index in [1.54, 1.807) is 0 Å². The Hall–Kier alpha value is -0.0500. The first-order chi connectivity index (χ1) is 5.75. The molecular weight excluding hydrogens is 192 g/mol. The second kappa shape index (κ2) is 3.36. The molecule has 1 aromatic rings. The molecule has 2 rings (SSSR count). The maximum atomic E-state index is 9.61. The van der Waals surface area contributed by atoms with Gasteiger partial charge in [0, 0.05) is 0 Å². The number of thiophene rings is 1. The maximum Gasteiger partial charge on any atom is 0.0931 e. The standard InChI is InChI=1S/C9H11ClOS/c10-9-4-6(5-12-9)3-8(11)7-1-2-7/h4-5,7-8,11H,1-3H2. The van der Waals surface area contributed by atoms with Gasteiger partial charge in [-0.15, -0.1) is 11.3 Å². The minimum atomic E-state index is -0.143. The number of halogens is 1. The Morgan fingerprint density at radius 3 is 2.92 bits per heavy atom. The van der Waals surface area contributed by atoms with Crippen molar-refractivity contribution < 1.29 is 5.11 Å². The number of aliphatic hydroxyl groups is 1. The number of hydrogen-bond acceptors (Lipinski definition) is 2. The Labute approximate surface area is 81.0 Å². The highest BCUT2D eigenvalue weighted by Crippen LogP contribution is 2.34. The molecule has 66 valence electrons. The molecule has 0 radical (unpaired) electrons. The molecule has 0 amide bonds. The van der Waals surface area contributed by atoms with E-state index in [0.29, 0.717) is 5.92 Å². The molecule has 1 aliphatic rings. The lowest BCUT2D eigenvalue weighted by molar-refractivity contribution is 0.152. The molecular formula is C9H11ClOS. The van der Waals surface area contributed by atoms with Crippen LogP contribution in [0.5, 0.6) is 0 Å². The lowest BCUT2D eigenvalue weighted by Crippen LogP contribution is -2.11. The Morgan fingerprint density at radius 2 is 2.42 bits per heavy atom. The van der Waals surface area contributed by atoms with Crippen LogP contribution in [-0.4, -0.2) is 11.2 Å². The van der Waals surface area contributed by atoms with Crippen molar-refractivity contribution in [3.63, 3.8) is 0 Å². The van der Waals surface area contributed by atoms with Crippen LogP contribution in [0, 0.1) is 5.92 Å². The van der Waals surface area contributed by atoms with Gasteiger partial charge in [-0.2, -0.15) is 0 Å². The average Bonchev–Trinajstić information content (AvgIpc) is 2.78. The summed E-state index contributed by atoms with van der Waals surface area (Å²) in [5.74, 6) is 0.559. The van der Waals surface area contributed by atoms with Crippen molar-refractivity contribution in [1.29, 1.82) is 0 Å². The van der Waals surface area contributed by atoms with Crippen LogP contribution in [-0.2, 0) is 6.42 Å². The molecule has 1 N–H and O–H groups in total. The first-order valence-electron chi connectivity index (χ1n) is 4.16. The first kappa shape index (κ1) is 8.54. The predicted octanol–water partition coefficient (Wildman–Crippen LogP) is 2.71. The highest BCUT2D eigenvalue weighted by atomic mass is 35.5. The van der Waals surface area contributed by atoms with Gasteiger partial charge in [-0.25, -0.2) is 0 Å². The van der Waals surface area contributed by atoms with Gasteiger partial charge in [0.1, 0.15) is 0 Å². The monoisotopic (exact) mass is 202 g/mol. The van der Waals surface area contributed by atoms with E-state index in [9.17, 15) is 5.11 Å². The van der Waals surface area contributed by atoms with Crippen molar-refractivity contribution in [3.8, 4) is 0 Å². The van der Waals surface area contributed by atoms with Gasteiger partial charge < -0.3 is 5.11 Å². The van der Waals surface area contributed by atoms with Crippen LogP contribution in [0.1, 0.15) is 18.4 Å². The molecule has 0 aromatic carbocycles. The van der Waals surface area contributed by atoms with Gasteiger partial charge >= 0.3 is 0 Å². The lowest BCUT2D eigenvalue weighted by Gasteiger charge is -2.05. The zero-order valence-corrected chi connectivity index (χ0v) is 8.24. The molecule has 3 heteroatoms. The van der Waals surface area contributed by atoms with E-state index in [-0.39, 0.29) is 6.10 Å².